The van der Waals surface area contributed by atoms with Crippen molar-refractivity contribution in [3.63, 3.8) is 0 Å². The molecule has 4 heteroatoms. The van der Waals surface area contributed by atoms with Crippen LogP contribution in [0.3, 0.4) is 0 Å². The maximum absolute atomic E-state index is 11.7. The molecule has 0 bridgehead atoms. The molecule has 0 aromatic heterocycles. The monoisotopic (exact) mass is 368 g/mol. The standard InChI is InChI=1S/C14H10Br2O2/c1-9-2-7-12(13(8-9)14(17)18-16)10-3-5-11(15)6-4-10/h2-8H,1H3. The number of halogens is 2. The van der Waals surface area contributed by atoms with Crippen LogP contribution in [-0.2, 0) is 3.83 Å². The fourth-order valence-corrected chi connectivity index (χ4v) is 2.19. The Labute approximate surface area is 123 Å². The van der Waals surface area contributed by atoms with Crippen LogP contribution in [-0.4, -0.2) is 5.97 Å². The van der Waals surface area contributed by atoms with E-state index in [0.717, 1.165) is 21.2 Å². The molecular weight excluding hydrogens is 360 g/mol. The van der Waals surface area contributed by atoms with Crippen molar-refractivity contribution in [3.05, 3.63) is 58.1 Å². The van der Waals surface area contributed by atoms with Gasteiger partial charge in [0.25, 0.3) is 0 Å². The normalized spacial score (nSPS) is 10.2. The van der Waals surface area contributed by atoms with Crippen molar-refractivity contribution in [3.8, 4) is 11.1 Å². The molecule has 92 valence electrons. The lowest BCUT2D eigenvalue weighted by molar-refractivity contribution is 0.0782. The van der Waals surface area contributed by atoms with Gasteiger partial charge in [-0.15, -0.1) is 0 Å². The number of carbonyl (C=O) groups excluding carboxylic acids is 1. The van der Waals surface area contributed by atoms with Gasteiger partial charge in [0.2, 0.25) is 0 Å². The number of rotatable bonds is 2. The van der Waals surface area contributed by atoms with Crippen molar-refractivity contribution >= 4 is 38.2 Å². The van der Waals surface area contributed by atoms with E-state index in [2.05, 4.69) is 36.0 Å². The van der Waals surface area contributed by atoms with Crippen molar-refractivity contribution in [1.82, 2.24) is 0 Å². The SMILES string of the molecule is Cc1ccc(-c2ccc(Br)cc2)c(C(=O)OBr)c1. The van der Waals surface area contributed by atoms with Crippen LogP contribution in [0.5, 0.6) is 0 Å². The molecule has 0 aliphatic rings. The average molecular weight is 370 g/mol. The van der Waals surface area contributed by atoms with E-state index in [9.17, 15) is 4.79 Å². The first-order chi connectivity index (χ1) is 8.61. The van der Waals surface area contributed by atoms with Crippen LogP contribution in [0.2, 0.25) is 0 Å². The Balaban J connectivity index is 2.56. The van der Waals surface area contributed by atoms with Gasteiger partial charge in [-0.2, -0.15) is 0 Å². The predicted molar refractivity (Wildman–Crippen MR) is 78.7 cm³/mol. The first kappa shape index (κ1) is 13.3. The van der Waals surface area contributed by atoms with Crippen molar-refractivity contribution < 1.29 is 8.62 Å². The van der Waals surface area contributed by atoms with E-state index in [1.807, 2.05) is 49.4 Å². The van der Waals surface area contributed by atoms with Crippen LogP contribution in [0.25, 0.3) is 11.1 Å². The molecule has 0 saturated carbocycles. The fourth-order valence-electron chi connectivity index (χ4n) is 1.75. The van der Waals surface area contributed by atoms with Gasteiger partial charge in [-0.1, -0.05) is 45.8 Å². The number of benzene rings is 2. The summed E-state index contributed by atoms with van der Waals surface area (Å²) in [5, 5.41) is 0. The summed E-state index contributed by atoms with van der Waals surface area (Å²) in [6.07, 6.45) is 0. The van der Waals surface area contributed by atoms with E-state index >= 15 is 0 Å². The molecule has 0 radical (unpaired) electrons. The number of aryl methyl sites for hydroxylation is 1. The molecule has 0 spiro atoms. The van der Waals surface area contributed by atoms with Gasteiger partial charge in [0.1, 0.15) is 0 Å². The third-order valence-electron chi connectivity index (χ3n) is 2.62. The zero-order chi connectivity index (χ0) is 13.1. The Morgan fingerprint density at radius 2 is 1.78 bits per heavy atom. The van der Waals surface area contributed by atoms with Gasteiger partial charge in [0.05, 0.1) is 5.56 Å². The molecule has 0 atom stereocenters. The lowest BCUT2D eigenvalue weighted by Crippen LogP contribution is -2.01. The molecular formula is C14H10Br2O2. The van der Waals surface area contributed by atoms with Gasteiger partial charge in [-0.25, -0.2) is 4.79 Å². The average Bonchev–Trinajstić information content (AvgIpc) is 2.39. The topological polar surface area (TPSA) is 26.3 Å². The second-order valence-corrected chi connectivity index (χ2v) is 5.16. The molecule has 0 amide bonds. The third kappa shape index (κ3) is 2.82. The molecule has 0 unspecified atom stereocenters. The Kier molecular flexibility index (Phi) is 4.19. The van der Waals surface area contributed by atoms with Crippen LogP contribution >= 0.6 is 32.2 Å². The Hall–Kier alpha value is -1.13. The quantitative estimate of drug-likeness (QED) is 0.753. The minimum absolute atomic E-state index is 0.392. The molecule has 18 heavy (non-hydrogen) atoms. The summed E-state index contributed by atoms with van der Waals surface area (Å²) in [7, 11) is 0. The first-order valence-electron chi connectivity index (χ1n) is 5.31. The Morgan fingerprint density at radius 3 is 2.39 bits per heavy atom. The summed E-state index contributed by atoms with van der Waals surface area (Å²) < 4.78 is 5.64. The highest BCUT2D eigenvalue weighted by atomic mass is 79.9. The summed E-state index contributed by atoms with van der Waals surface area (Å²) >= 11 is 6.13. The second kappa shape index (κ2) is 5.67. The summed E-state index contributed by atoms with van der Waals surface area (Å²) in [4.78, 5) is 11.7. The highest BCUT2D eigenvalue weighted by Crippen LogP contribution is 2.27. The third-order valence-corrected chi connectivity index (χ3v) is 3.44. The largest absolute Gasteiger partial charge is 0.380 e. The number of carbonyl (C=O) groups is 1. The molecule has 2 aromatic rings. The predicted octanol–water partition coefficient (Wildman–Crippen LogP) is 4.89. The van der Waals surface area contributed by atoms with Gasteiger partial charge < -0.3 is 3.83 Å². The Bertz CT molecular complexity index is 577. The van der Waals surface area contributed by atoms with Crippen LogP contribution in [0.1, 0.15) is 15.9 Å². The lowest BCUT2D eigenvalue weighted by atomic mass is 9.98. The van der Waals surface area contributed by atoms with Crippen LogP contribution < -0.4 is 0 Å². The van der Waals surface area contributed by atoms with Gasteiger partial charge in [0.15, 0.2) is 16.3 Å². The minimum atomic E-state index is -0.392. The maximum atomic E-state index is 11.7. The Morgan fingerprint density at radius 1 is 1.11 bits per heavy atom. The summed E-state index contributed by atoms with van der Waals surface area (Å²) in [6, 6.07) is 13.5. The molecule has 0 N–H and O–H groups in total. The highest BCUT2D eigenvalue weighted by Gasteiger charge is 2.14. The van der Waals surface area contributed by atoms with Crippen LogP contribution in [0.4, 0.5) is 0 Å². The van der Waals surface area contributed by atoms with E-state index in [1.165, 1.54) is 0 Å². The summed E-state index contributed by atoms with van der Waals surface area (Å²) in [5.41, 5.74) is 3.40. The van der Waals surface area contributed by atoms with E-state index in [1.54, 1.807) is 0 Å². The van der Waals surface area contributed by atoms with Gasteiger partial charge in [-0.3, -0.25) is 0 Å². The molecule has 2 nitrogen and oxygen atoms in total. The minimum Gasteiger partial charge on any atom is -0.380 e. The van der Waals surface area contributed by atoms with Crippen LogP contribution in [0, 0.1) is 6.92 Å². The zero-order valence-electron chi connectivity index (χ0n) is 9.61. The molecule has 0 heterocycles. The molecule has 0 fully saturated rings. The zero-order valence-corrected chi connectivity index (χ0v) is 12.8. The number of hydrogen-bond donors (Lipinski definition) is 0. The molecule has 2 rings (SSSR count). The lowest BCUT2D eigenvalue weighted by Gasteiger charge is -2.08. The molecule has 0 aliphatic carbocycles. The van der Waals surface area contributed by atoms with Crippen molar-refractivity contribution in [1.29, 1.82) is 0 Å². The second-order valence-electron chi connectivity index (χ2n) is 3.92. The molecule has 0 saturated heterocycles. The van der Waals surface area contributed by atoms with Crippen molar-refractivity contribution in [2.45, 2.75) is 6.92 Å². The van der Waals surface area contributed by atoms with Crippen LogP contribution in [0.15, 0.2) is 46.9 Å². The van der Waals surface area contributed by atoms with E-state index < -0.39 is 5.97 Å². The van der Waals surface area contributed by atoms with E-state index in [4.69, 9.17) is 0 Å². The van der Waals surface area contributed by atoms with E-state index in [-0.39, 0.29) is 0 Å². The maximum Gasteiger partial charge on any atom is 0.350 e. The highest BCUT2D eigenvalue weighted by molar-refractivity contribution is 9.10. The molecule has 0 aliphatic heterocycles. The smallest absolute Gasteiger partial charge is 0.350 e. The van der Waals surface area contributed by atoms with E-state index in [0.29, 0.717) is 5.56 Å². The summed E-state index contributed by atoms with van der Waals surface area (Å²) in [5.74, 6) is -0.392. The van der Waals surface area contributed by atoms with Crippen molar-refractivity contribution in [2.24, 2.45) is 0 Å². The first-order valence-corrected chi connectivity index (χ1v) is 6.75. The van der Waals surface area contributed by atoms with Gasteiger partial charge in [-0.05, 0) is 36.2 Å². The molecule has 2 aromatic carbocycles. The van der Waals surface area contributed by atoms with Gasteiger partial charge in [0, 0.05) is 4.47 Å². The van der Waals surface area contributed by atoms with Crippen molar-refractivity contribution in [2.75, 3.05) is 0 Å². The summed E-state index contributed by atoms with van der Waals surface area (Å²) in [6.45, 7) is 1.94. The fraction of sp³-hybridized carbons (Fsp3) is 0.0714. The number of hydrogen-bond acceptors (Lipinski definition) is 2. The van der Waals surface area contributed by atoms with Gasteiger partial charge >= 0.3 is 5.97 Å².